The van der Waals surface area contributed by atoms with Crippen molar-refractivity contribution in [1.82, 2.24) is 10.2 Å². The first-order valence-corrected chi connectivity index (χ1v) is 7.43. The van der Waals surface area contributed by atoms with E-state index in [1.165, 1.54) is 32.2 Å². The van der Waals surface area contributed by atoms with Crippen LogP contribution in [0.3, 0.4) is 0 Å². The van der Waals surface area contributed by atoms with Gasteiger partial charge in [-0.25, -0.2) is 0 Å². The Hall–Kier alpha value is -0.610. The maximum Gasteiger partial charge on any atom is 0.220 e. The molecule has 0 radical (unpaired) electrons. The minimum absolute atomic E-state index is 0.228. The third-order valence-electron chi connectivity index (χ3n) is 4.32. The number of nitrogens with one attached hydrogen (secondary N) is 1. The summed E-state index contributed by atoms with van der Waals surface area (Å²) in [6.07, 6.45) is 7.78. The van der Waals surface area contributed by atoms with Crippen LogP contribution in [-0.2, 0) is 4.79 Å². The van der Waals surface area contributed by atoms with Crippen LogP contribution in [0.15, 0.2) is 0 Å². The Morgan fingerprint density at radius 3 is 2.89 bits per heavy atom. The summed E-state index contributed by atoms with van der Waals surface area (Å²) in [7, 11) is 0. The molecule has 0 aromatic heterocycles. The Labute approximate surface area is 110 Å². The largest absolute Gasteiger partial charge is 0.396 e. The van der Waals surface area contributed by atoms with E-state index < -0.39 is 0 Å². The van der Waals surface area contributed by atoms with Crippen LogP contribution in [0.4, 0.5) is 0 Å². The van der Waals surface area contributed by atoms with E-state index in [1.54, 1.807) is 0 Å². The summed E-state index contributed by atoms with van der Waals surface area (Å²) in [6.45, 7) is 3.50. The standard InChI is InChI=1S/C14H26N2O2/c17-9-5-1-3-7-16-8-4-2-6-13(16)12-10-14(18)15-11-12/h12-13,17H,1-11H2,(H,15,18). The molecule has 0 bridgehead atoms. The van der Waals surface area contributed by atoms with E-state index in [0.29, 0.717) is 18.6 Å². The van der Waals surface area contributed by atoms with Crippen molar-refractivity contribution in [3.63, 3.8) is 0 Å². The van der Waals surface area contributed by atoms with Gasteiger partial charge in [-0.15, -0.1) is 0 Å². The highest BCUT2D eigenvalue weighted by molar-refractivity contribution is 5.78. The minimum Gasteiger partial charge on any atom is -0.396 e. The lowest BCUT2D eigenvalue weighted by Gasteiger charge is -2.38. The topological polar surface area (TPSA) is 52.6 Å². The predicted octanol–water partition coefficient (Wildman–Crippen LogP) is 1.14. The van der Waals surface area contributed by atoms with Gasteiger partial charge >= 0.3 is 0 Å². The van der Waals surface area contributed by atoms with E-state index in [2.05, 4.69) is 10.2 Å². The van der Waals surface area contributed by atoms with Crippen molar-refractivity contribution in [2.75, 3.05) is 26.2 Å². The second-order valence-corrected chi connectivity index (χ2v) is 5.65. The zero-order valence-electron chi connectivity index (χ0n) is 11.2. The molecule has 2 heterocycles. The molecule has 1 amide bonds. The Balaban J connectivity index is 1.79. The maximum absolute atomic E-state index is 11.3. The number of hydrogen-bond donors (Lipinski definition) is 2. The number of rotatable bonds is 6. The molecule has 2 fully saturated rings. The SMILES string of the molecule is O=C1CC(C2CCCCN2CCCCCO)CN1. The van der Waals surface area contributed by atoms with Crippen molar-refractivity contribution in [3.05, 3.63) is 0 Å². The predicted molar refractivity (Wildman–Crippen MR) is 71.3 cm³/mol. The van der Waals surface area contributed by atoms with E-state index >= 15 is 0 Å². The number of piperidine rings is 1. The Morgan fingerprint density at radius 2 is 2.17 bits per heavy atom. The molecule has 2 N–H and O–H groups in total. The van der Waals surface area contributed by atoms with E-state index in [9.17, 15) is 4.79 Å². The highest BCUT2D eigenvalue weighted by Gasteiger charge is 2.34. The van der Waals surface area contributed by atoms with Gasteiger partial charge in [0.15, 0.2) is 0 Å². The molecule has 0 spiro atoms. The van der Waals surface area contributed by atoms with Gasteiger partial charge in [0.05, 0.1) is 0 Å². The summed E-state index contributed by atoms with van der Waals surface area (Å²) in [5, 5.41) is 11.8. The van der Waals surface area contributed by atoms with Gasteiger partial charge in [-0.2, -0.15) is 0 Å². The summed E-state index contributed by atoms with van der Waals surface area (Å²) in [5.74, 6) is 0.751. The summed E-state index contributed by atoms with van der Waals surface area (Å²) in [5.41, 5.74) is 0. The van der Waals surface area contributed by atoms with Crippen molar-refractivity contribution in [1.29, 1.82) is 0 Å². The van der Waals surface area contributed by atoms with Gasteiger partial charge in [0, 0.05) is 31.5 Å². The number of carbonyl (C=O) groups excluding carboxylic acids is 1. The molecule has 2 unspecified atom stereocenters. The summed E-state index contributed by atoms with van der Waals surface area (Å²) in [6, 6.07) is 0.604. The highest BCUT2D eigenvalue weighted by atomic mass is 16.2. The van der Waals surface area contributed by atoms with Crippen LogP contribution < -0.4 is 5.32 Å². The molecule has 2 rings (SSSR count). The number of carbonyl (C=O) groups is 1. The second kappa shape index (κ2) is 7.10. The molecule has 0 saturated carbocycles. The van der Waals surface area contributed by atoms with Crippen LogP contribution in [0.25, 0.3) is 0 Å². The first-order valence-electron chi connectivity index (χ1n) is 7.43. The molecule has 2 saturated heterocycles. The van der Waals surface area contributed by atoms with Crippen molar-refractivity contribution >= 4 is 5.91 Å². The number of unbranched alkanes of at least 4 members (excludes halogenated alkanes) is 2. The zero-order chi connectivity index (χ0) is 12.8. The van der Waals surface area contributed by atoms with Crippen LogP contribution in [0, 0.1) is 5.92 Å². The molecule has 2 atom stereocenters. The fourth-order valence-electron chi connectivity index (χ4n) is 3.33. The van der Waals surface area contributed by atoms with E-state index in [1.807, 2.05) is 0 Å². The highest BCUT2D eigenvalue weighted by Crippen LogP contribution is 2.27. The van der Waals surface area contributed by atoms with Crippen molar-refractivity contribution in [3.8, 4) is 0 Å². The number of amides is 1. The van der Waals surface area contributed by atoms with Gasteiger partial charge in [0.1, 0.15) is 0 Å². The normalized spacial score (nSPS) is 29.5. The van der Waals surface area contributed by atoms with Crippen molar-refractivity contribution in [2.45, 2.75) is 51.0 Å². The molecule has 4 nitrogen and oxygen atoms in total. The monoisotopic (exact) mass is 254 g/mol. The Bertz CT molecular complexity index is 271. The summed E-state index contributed by atoms with van der Waals surface area (Å²) >= 11 is 0. The molecule has 4 heteroatoms. The zero-order valence-corrected chi connectivity index (χ0v) is 11.2. The first-order chi connectivity index (χ1) is 8.81. The van der Waals surface area contributed by atoms with E-state index in [0.717, 1.165) is 32.4 Å². The number of likely N-dealkylation sites (tertiary alicyclic amines) is 1. The first kappa shape index (κ1) is 13.8. The summed E-state index contributed by atoms with van der Waals surface area (Å²) in [4.78, 5) is 13.9. The molecule has 2 aliphatic heterocycles. The number of nitrogens with zero attached hydrogens (tertiary/aromatic N) is 1. The van der Waals surface area contributed by atoms with Gasteiger partial charge < -0.3 is 15.3 Å². The van der Waals surface area contributed by atoms with Crippen LogP contribution in [0.1, 0.15) is 44.9 Å². The van der Waals surface area contributed by atoms with Gasteiger partial charge in [-0.05, 0) is 45.2 Å². The molecule has 2 aliphatic rings. The molecule has 0 aromatic carbocycles. The molecule has 0 aromatic rings. The average Bonchev–Trinajstić information content (AvgIpc) is 2.82. The molecule has 18 heavy (non-hydrogen) atoms. The smallest absolute Gasteiger partial charge is 0.220 e. The van der Waals surface area contributed by atoms with Crippen molar-refractivity contribution in [2.24, 2.45) is 5.92 Å². The van der Waals surface area contributed by atoms with Crippen LogP contribution in [-0.4, -0.2) is 48.2 Å². The fraction of sp³-hybridized carbons (Fsp3) is 0.929. The lowest BCUT2D eigenvalue weighted by molar-refractivity contribution is -0.119. The second-order valence-electron chi connectivity index (χ2n) is 5.65. The Morgan fingerprint density at radius 1 is 1.28 bits per heavy atom. The lowest BCUT2D eigenvalue weighted by atomic mass is 9.89. The van der Waals surface area contributed by atoms with Gasteiger partial charge in [0.25, 0.3) is 0 Å². The van der Waals surface area contributed by atoms with Gasteiger partial charge in [-0.3, -0.25) is 4.79 Å². The average molecular weight is 254 g/mol. The maximum atomic E-state index is 11.3. The molecule has 0 aliphatic carbocycles. The molecular formula is C14H26N2O2. The third kappa shape index (κ3) is 3.69. The molecular weight excluding hydrogens is 228 g/mol. The van der Waals surface area contributed by atoms with Crippen LogP contribution in [0.5, 0.6) is 0 Å². The fourth-order valence-corrected chi connectivity index (χ4v) is 3.33. The number of hydrogen-bond acceptors (Lipinski definition) is 3. The van der Waals surface area contributed by atoms with Crippen LogP contribution in [0.2, 0.25) is 0 Å². The molecule has 104 valence electrons. The van der Waals surface area contributed by atoms with Crippen molar-refractivity contribution < 1.29 is 9.90 Å². The van der Waals surface area contributed by atoms with E-state index in [4.69, 9.17) is 5.11 Å². The Kier molecular flexibility index (Phi) is 5.45. The third-order valence-corrected chi connectivity index (χ3v) is 4.32. The van der Waals surface area contributed by atoms with E-state index in [-0.39, 0.29) is 5.91 Å². The van der Waals surface area contributed by atoms with Gasteiger partial charge in [-0.1, -0.05) is 6.42 Å². The number of aliphatic hydroxyl groups is 1. The summed E-state index contributed by atoms with van der Waals surface area (Å²) < 4.78 is 0. The van der Waals surface area contributed by atoms with Gasteiger partial charge in [0.2, 0.25) is 5.91 Å². The minimum atomic E-state index is 0.228. The van der Waals surface area contributed by atoms with Crippen LogP contribution >= 0.6 is 0 Å². The quantitative estimate of drug-likeness (QED) is 0.699. The number of aliphatic hydroxyl groups excluding tert-OH is 1. The lowest BCUT2D eigenvalue weighted by Crippen LogP contribution is -2.45.